The molecular formula is C18H35FO2. The van der Waals surface area contributed by atoms with Gasteiger partial charge in [0.1, 0.15) is 0 Å². The van der Waals surface area contributed by atoms with Gasteiger partial charge in [0.05, 0.1) is 13.3 Å². The highest BCUT2D eigenvalue weighted by Crippen LogP contribution is 2.13. The molecule has 0 amide bonds. The minimum atomic E-state index is -0.153. The van der Waals surface area contributed by atoms with E-state index in [-0.39, 0.29) is 12.6 Å². The predicted molar refractivity (Wildman–Crippen MR) is 87.2 cm³/mol. The lowest BCUT2D eigenvalue weighted by Gasteiger charge is -2.03. The normalized spacial score (nSPS) is 10.8. The van der Waals surface area contributed by atoms with Gasteiger partial charge < -0.3 is 4.74 Å². The van der Waals surface area contributed by atoms with E-state index in [0.717, 1.165) is 25.7 Å². The summed E-state index contributed by atoms with van der Waals surface area (Å²) < 4.78 is 16.8. The minimum absolute atomic E-state index is 0.0518. The van der Waals surface area contributed by atoms with Gasteiger partial charge in [-0.05, 0) is 19.8 Å². The van der Waals surface area contributed by atoms with Crippen LogP contribution in [0.15, 0.2) is 0 Å². The van der Waals surface area contributed by atoms with E-state index in [1.807, 2.05) is 6.92 Å². The van der Waals surface area contributed by atoms with Crippen LogP contribution in [0.4, 0.5) is 4.39 Å². The first-order valence-corrected chi connectivity index (χ1v) is 9.02. The van der Waals surface area contributed by atoms with Crippen LogP contribution in [-0.2, 0) is 9.53 Å². The summed E-state index contributed by atoms with van der Waals surface area (Å²) in [5, 5.41) is 0. The maximum absolute atomic E-state index is 11.9. The maximum Gasteiger partial charge on any atom is 0.305 e. The molecule has 0 aromatic heterocycles. The number of hydrogen-bond donors (Lipinski definition) is 0. The van der Waals surface area contributed by atoms with Crippen molar-refractivity contribution >= 4 is 5.97 Å². The van der Waals surface area contributed by atoms with Crippen molar-refractivity contribution in [1.29, 1.82) is 0 Å². The van der Waals surface area contributed by atoms with Crippen LogP contribution in [0.5, 0.6) is 0 Å². The average Bonchev–Trinajstić information content (AvgIpc) is 2.48. The van der Waals surface area contributed by atoms with E-state index in [9.17, 15) is 9.18 Å². The topological polar surface area (TPSA) is 26.3 Å². The number of ether oxygens (including phenoxy) is 1. The number of rotatable bonds is 16. The van der Waals surface area contributed by atoms with Crippen LogP contribution in [0.1, 0.15) is 96.8 Å². The Morgan fingerprint density at radius 3 is 1.48 bits per heavy atom. The zero-order valence-electron chi connectivity index (χ0n) is 14.0. The predicted octanol–water partition coefficient (Wildman–Crippen LogP) is 5.98. The molecule has 0 aromatic rings. The minimum Gasteiger partial charge on any atom is -0.466 e. The van der Waals surface area contributed by atoms with Crippen molar-refractivity contribution in [2.45, 2.75) is 96.8 Å². The summed E-state index contributed by atoms with van der Waals surface area (Å²) >= 11 is 0. The lowest BCUT2D eigenvalue weighted by atomic mass is 10.0. The Kier molecular flexibility index (Phi) is 17.0. The summed E-state index contributed by atoms with van der Waals surface area (Å²) in [6, 6.07) is 0. The van der Waals surface area contributed by atoms with Gasteiger partial charge in [-0.2, -0.15) is 0 Å². The molecule has 0 spiro atoms. The largest absolute Gasteiger partial charge is 0.466 e. The number of esters is 1. The zero-order valence-corrected chi connectivity index (χ0v) is 14.0. The van der Waals surface area contributed by atoms with E-state index in [1.54, 1.807) is 0 Å². The SMILES string of the molecule is CCOC(=O)CCCCCCCCCCCCCCCF. The van der Waals surface area contributed by atoms with Crippen molar-refractivity contribution in [2.75, 3.05) is 13.3 Å². The Labute approximate surface area is 130 Å². The summed E-state index contributed by atoms with van der Waals surface area (Å²) in [6.45, 7) is 2.19. The molecule has 0 radical (unpaired) electrons. The average molecular weight is 302 g/mol. The summed E-state index contributed by atoms with van der Waals surface area (Å²) in [5.74, 6) is -0.0518. The van der Waals surface area contributed by atoms with Gasteiger partial charge in [0.15, 0.2) is 0 Å². The maximum atomic E-state index is 11.9. The molecule has 0 unspecified atom stereocenters. The highest BCUT2D eigenvalue weighted by Gasteiger charge is 2.00. The van der Waals surface area contributed by atoms with Crippen LogP contribution < -0.4 is 0 Å². The standard InChI is InChI=1S/C18H35FO2/c1-2-21-18(20)16-14-12-10-8-6-4-3-5-7-9-11-13-15-17-19/h2-17H2,1H3. The van der Waals surface area contributed by atoms with Gasteiger partial charge in [0, 0.05) is 6.42 Å². The molecule has 0 saturated carbocycles. The molecule has 126 valence electrons. The molecule has 0 rings (SSSR count). The molecule has 0 aliphatic heterocycles. The van der Waals surface area contributed by atoms with E-state index < -0.39 is 0 Å². The Balaban J connectivity index is 3.01. The van der Waals surface area contributed by atoms with Crippen molar-refractivity contribution in [3.05, 3.63) is 0 Å². The third-order valence-corrected chi connectivity index (χ3v) is 3.82. The van der Waals surface area contributed by atoms with E-state index >= 15 is 0 Å². The molecule has 0 N–H and O–H groups in total. The zero-order chi connectivity index (χ0) is 15.6. The second-order valence-corrected chi connectivity index (χ2v) is 5.84. The molecule has 0 heterocycles. The second-order valence-electron chi connectivity index (χ2n) is 5.84. The highest BCUT2D eigenvalue weighted by atomic mass is 19.1. The van der Waals surface area contributed by atoms with Crippen molar-refractivity contribution in [2.24, 2.45) is 0 Å². The molecule has 0 aliphatic carbocycles. The second kappa shape index (κ2) is 17.5. The summed E-state index contributed by atoms with van der Waals surface area (Å²) in [6.07, 6.45) is 16.1. The number of carbonyl (C=O) groups excluding carboxylic acids is 1. The third-order valence-electron chi connectivity index (χ3n) is 3.82. The van der Waals surface area contributed by atoms with E-state index in [1.165, 1.54) is 57.8 Å². The first-order chi connectivity index (χ1) is 10.3. The number of unbranched alkanes of at least 4 members (excludes halogenated alkanes) is 12. The molecule has 0 aromatic carbocycles. The molecule has 0 saturated heterocycles. The van der Waals surface area contributed by atoms with Crippen LogP contribution in [0.3, 0.4) is 0 Å². The lowest BCUT2D eigenvalue weighted by molar-refractivity contribution is -0.143. The Morgan fingerprint density at radius 1 is 0.714 bits per heavy atom. The van der Waals surface area contributed by atoms with Crippen molar-refractivity contribution in [3.8, 4) is 0 Å². The lowest BCUT2D eigenvalue weighted by Crippen LogP contribution is -2.03. The van der Waals surface area contributed by atoms with Gasteiger partial charge >= 0.3 is 5.97 Å². The fourth-order valence-electron chi connectivity index (χ4n) is 2.54. The van der Waals surface area contributed by atoms with Gasteiger partial charge in [-0.25, -0.2) is 0 Å². The van der Waals surface area contributed by atoms with Crippen LogP contribution in [0, 0.1) is 0 Å². The van der Waals surface area contributed by atoms with Crippen molar-refractivity contribution < 1.29 is 13.9 Å². The highest BCUT2D eigenvalue weighted by molar-refractivity contribution is 5.69. The van der Waals surface area contributed by atoms with E-state index in [4.69, 9.17) is 4.74 Å². The van der Waals surface area contributed by atoms with E-state index in [0.29, 0.717) is 13.0 Å². The van der Waals surface area contributed by atoms with Crippen LogP contribution in [0.25, 0.3) is 0 Å². The molecule has 2 nitrogen and oxygen atoms in total. The first-order valence-electron chi connectivity index (χ1n) is 9.02. The first kappa shape index (κ1) is 20.4. The molecule has 0 fully saturated rings. The molecule has 0 aliphatic rings. The van der Waals surface area contributed by atoms with Crippen molar-refractivity contribution in [3.63, 3.8) is 0 Å². The Morgan fingerprint density at radius 2 is 1.10 bits per heavy atom. The summed E-state index contributed by atoms with van der Waals surface area (Å²) in [4.78, 5) is 11.1. The van der Waals surface area contributed by atoms with Gasteiger partial charge in [-0.1, -0.05) is 70.6 Å². The monoisotopic (exact) mass is 302 g/mol. The van der Waals surface area contributed by atoms with Gasteiger partial charge in [-0.3, -0.25) is 9.18 Å². The Hall–Kier alpha value is -0.600. The number of halogens is 1. The third kappa shape index (κ3) is 17.3. The van der Waals surface area contributed by atoms with Crippen LogP contribution >= 0.6 is 0 Å². The Bertz CT molecular complexity index is 219. The summed E-state index contributed by atoms with van der Waals surface area (Å²) in [5.41, 5.74) is 0. The molecular weight excluding hydrogens is 267 g/mol. The van der Waals surface area contributed by atoms with Gasteiger partial charge in [0.25, 0.3) is 0 Å². The summed E-state index contributed by atoms with van der Waals surface area (Å²) in [7, 11) is 0. The molecule has 0 bridgehead atoms. The fraction of sp³-hybridized carbons (Fsp3) is 0.944. The number of alkyl halides is 1. The van der Waals surface area contributed by atoms with Crippen LogP contribution in [-0.4, -0.2) is 19.3 Å². The van der Waals surface area contributed by atoms with E-state index in [2.05, 4.69) is 0 Å². The van der Waals surface area contributed by atoms with Crippen molar-refractivity contribution in [1.82, 2.24) is 0 Å². The van der Waals surface area contributed by atoms with Gasteiger partial charge in [0.2, 0.25) is 0 Å². The molecule has 0 atom stereocenters. The van der Waals surface area contributed by atoms with Crippen LogP contribution in [0.2, 0.25) is 0 Å². The molecule has 3 heteroatoms. The molecule has 21 heavy (non-hydrogen) atoms. The number of carbonyl (C=O) groups is 1. The smallest absolute Gasteiger partial charge is 0.305 e. The quantitative estimate of drug-likeness (QED) is 0.259. The fourth-order valence-corrected chi connectivity index (χ4v) is 2.54. The van der Waals surface area contributed by atoms with Gasteiger partial charge in [-0.15, -0.1) is 0 Å². The number of hydrogen-bond acceptors (Lipinski definition) is 2.